The highest BCUT2D eigenvalue weighted by molar-refractivity contribution is 5.84. The molecule has 0 radical (unpaired) electrons. The van der Waals surface area contributed by atoms with Crippen molar-refractivity contribution in [1.82, 2.24) is 9.80 Å². The first-order valence-electron chi connectivity index (χ1n) is 9.71. The second-order valence-corrected chi connectivity index (χ2v) is 8.54. The standard InChI is InChI=1S/C21H29FN2O3/c1-21(2,3)20(26)24-10-4-5-16(13-24)19(25)23-11-12-27-18(14-23)15-6-8-17(22)9-7-15/h6-9,16,18H,4-5,10-14H2,1-3H3. The lowest BCUT2D eigenvalue weighted by Crippen LogP contribution is -2.51. The summed E-state index contributed by atoms with van der Waals surface area (Å²) in [6.07, 6.45) is 1.43. The number of hydrogen-bond acceptors (Lipinski definition) is 3. The maximum Gasteiger partial charge on any atom is 0.227 e. The molecule has 0 saturated carbocycles. The lowest BCUT2D eigenvalue weighted by molar-refractivity contribution is -0.149. The van der Waals surface area contributed by atoms with Crippen molar-refractivity contribution in [3.05, 3.63) is 35.6 Å². The molecule has 2 aliphatic rings. The van der Waals surface area contributed by atoms with Gasteiger partial charge in [-0.1, -0.05) is 32.9 Å². The Bertz CT molecular complexity index is 684. The van der Waals surface area contributed by atoms with Gasteiger partial charge in [-0.3, -0.25) is 9.59 Å². The van der Waals surface area contributed by atoms with Gasteiger partial charge in [0.25, 0.3) is 0 Å². The Morgan fingerprint density at radius 1 is 1.07 bits per heavy atom. The highest BCUT2D eigenvalue weighted by Gasteiger charge is 2.36. The van der Waals surface area contributed by atoms with Gasteiger partial charge in [-0.15, -0.1) is 0 Å². The Morgan fingerprint density at radius 2 is 1.78 bits per heavy atom. The van der Waals surface area contributed by atoms with E-state index in [2.05, 4.69) is 0 Å². The number of piperidine rings is 1. The lowest BCUT2D eigenvalue weighted by atomic mass is 9.90. The maximum atomic E-state index is 13.1. The number of rotatable bonds is 2. The second kappa shape index (κ2) is 7.97. The number of halogens is 1. The highest BCUT2D eigenvalue weighted by atomic mass is 19.1. The van der Waals surface area contributed by atoms with E-state index in [1.807, 2.05) is 30.6 Å². The first kappa shape index (κ1) is 19.8. The van der Waals surface area contributed by atoms with Crippen LogP contribution in [0.2, 0.25) is 0 Å². The van der Waals surface area contributed by atoms with Crippen molar-refractivity contribution in [1.29, 1.82) is 0 Å². The molecule has 0 spiro atoms. The van der Waals surface area contributed by atoms with E-state index >= 15 is 0 Å². The molecule has 0 N–H and O–H groups in total. The van der Waals surface area contributed by atoms with Gasteiger partial charge >= 0.3 is 0 Å². The molecule has 2 heterocycles. The summed E-state index contributed by atoms with van der Waals surface area (Å²) in [6.45, 7) is 8.44. The maximum absolute atomic E-state index is 13.1. The van der Waals surface area contributed by atoms with E-state index in [0.717, 1.165) is 24.9 Å². The summed E-state index contributed by atoms with van der Waals surface area (Å²) in [5.41, 5.74) is 0.444. The molecule has 1 aromatic carbocycles. The number of likely N-dealkylation sites (tertiary alicyclic amines) is 1. The second-order valence-electron chi connectivity index (χ2n) is 8.54. The zero-order valence-corrected chi connectivity index (χ0v) is 16.4. The highest BCUT2D eigenvalue weighted by Crippen LogP contribution is 2.27. The number of carbonyl (C=O) groups is 2. The normalized spacial score (nSPS) is 24.0. The van der Waals surface area contributed by atoms with Crippen molar-refractivity contribution < 1.29 is 18.7 Å². The first-order valence-corrected chi connectivity index (χ1v) is 9.71. The fourth-order valence-electron chi connectivity index (χ4n) is 3.82. The van der Waals surface area contributed by atoms with Gasteiger partial charge in [-0.05, 0) is 30.5 Å². The van der Waals surface area contributed by atoms with Crippen LogP contribution in [0.15, 0.2) is 24.3 Å². The molecule has 2 unspecified atom stereocenters. The summed E-state index contributed by atoms with van der Waals surface area (Å²) in [5, 5.41) is 0. The molecule has 2 saturated heterocycles. The number of amides is 2. The van der Waals surface area contributed by atoms with Gasteiger partial charge in [0.1, 0.15) is 11.9 Å². The average molecular weight is 376 g/mol. The third-order valence-electron chi connectivity index (χ3n) is 5.32. The molecule has 2 aliphatic heterocycles. The summed E-state index contributed by atoms with van der Waals surface area (Å²) in [4.78, 5) is 29.3. The molecule has 148 valence electrons. The summed E-state index contributed by atoms with van der Waals surface area (Å²) in [7, 11) is 0. The number of nitrogens with zero attached hydrogens (tertiary/aromatic N) is 2. The summed E-state index contributed by atoms with van der Waals surface area (Å²) in [6, 6.07) is 6.24. The van der Waals surface area contributed by atoms with E-state index < -0.39 is 5.41 Å². The van der Waals surface area contributed by atoms with Crippen LogP contribution in [0.3, 0.4) is 0 Å². The minimum absolute atomic E-state index is 0.0943. The Balaban J connectivity index is 1.64. The van der Waals surface area contributed by atoms with Crippen LogP contribution >= 0.6 is 0 Å². The van der Waals surface area contributed by atoms with E-state index in [1.165, 1.54) is 12.1 Å². The Morgan fingerprint density at radius 3 is 2.44 bits per heavy atom. The van der Waals surface area contributed by atoms with Crippen LogP contribution in [0.1, 0.15) is 45.3 Å². The van der Waals surface area contributed by atoms with Crippen LogP contribution in [0.5, 0.6) is 0 Å². The molecule has 2 atom stereocenters. The van der Waals surface area contributed by atoms with E-state index in [-0.39, 0.29) is 29.7 Å². The predicted molar refractivity (Wildman–Crippen MR) is 100 cm³/mol. The molecule has 0 bridgehead atoms. The minimum Gasteiger partial charge on any atom is -0.370 e. The largest absolute Gasteiger partial charge is 0.370 e. The van der Waals surface area contributed by atoms with Crippen molar-refractivity contribution in [3.8, 4) is 0 Å². The molecule has 0 aromatic heterocycles. The predicted octanol–water partition coefficient (Wildman–Crippen LogP) is 3.01. The number of ether oxygens (including phenoxy) is 1. The molecule has 3 rings (SSSR count). The average Bonchev–Trinajstić information content (AvgIpc) is 2.67. The van der Waals surface area contributed by atoms with Gasteiger partial charge < -0.3 is 14.5 Å². The number of carbonyl (C=O) groups excluding carboxylic acids is 2. The van der Waals surface area contributed by atoms with Gasteiger partial charge in [-0.2, -0.15) is 0 Å². The van der Waals surface area contributed by atoms with Gasteiger partial charge in [0.05, 0.1) is 19.1 Å². The summed E-state index contributed by atoms with van der Waals surface area (Å²) < 4.78 is 18.9. The Kier molecular flexibility index (Phi) is 5.84. The van der Waals surface area contributed by atoms with Gasteiger partial charge in [0, 0.05) is 25.0 Å². The molecule has 1 aromatic rings. The molecule has 6 heteroatoms. The minimum atomic E-state index is -0.433. The Hall–Kier alpha value is -1.95. The third-order valence-corrected chi connectivity index (χ3v) is 5.32. The van der Waals surface area contributed by atoms with Crippen molar-refractivity contribution in [2.75, 3.05) is 32.8 Å². The van der Waals surface area contributed by atoms with Crippen LogP contribution < -0.4 is 0 Å². The van der Waals surface area contributed by atoms with E-state index in [9.17, 15) is 14.0 Å². The number of hydrogen-bond donors (Lipinski definition) is 0. The fourth-order valence-corrected chi connectivity index (χ4v) is 3.82. The van der Waals surface area contributed by atoms with Crippen molar-refractivity contribution in [3.63, 3.8) is 0 Å². The zero-order chi connectivity index (χ0) is 19.6. The van der Waals surface area contributed by atoms with Crippen LogP contribution in [-0.4, -0.2) is 54.4 Å². The van der Waals surface area contributed by atoms with E-state index in [1.54, 1.807) is 12.1 Å². The van der Waals surface area contributed by atoms with Crippen molar-refractivity contribution in [2.24, 2.45) is 11.3 Å². The molecule has 27 heavy (non-hydrogen) atoms. The molecular formula is C21H29FN2O3. The third kappa shape index (κ3) is 4.67. The Labute approximate surface area is 160 Å². The van der Waals surface area contributed by atoms with Crippen LogP contribution in [0.4, 0.5) is 4.39 Å². The van der Waals surface area contributed by atoms with Crippen molar-refractivity contribution in [2.45, 2.75) is 39.7 Å². The van der Waals surface area contributed by atoms with Crippen molar-refractivity contribution >= 4 is 11.8 Å². The van der Waals surface area contributed by atoms with Crippen LogP contribution in [0, 0.1) is 17.2 Å². The van der Waals surface area contributed by atoms with Gasteiger partial charge in [0.15, 0.2) is 0 Å². The van der Waals surface area contributed by atoms with Gasteiger partial charge in [0.2, 0.25) is 11.8 Å². The summed E-state index contributed by atoms with van der Waals surface area (Å²) >= 11 is 0. The molecular weight excluding hydrogens is 347 g/mol. The molecule has 0 aliphatic carbocycles. The van der Waals surface area contributed by atoms with E-state index in [4.69, 9.17) is 4.74 Å². The van der Waals surface area contributed by atoms with Crippen LogP contribution in [0.25, 0.3) is 0 Å². The van der Waals surface area contributed by atoms with E-state index in [0.29, 0.717) is 26.2 Å². The smallest absolute Gasteiger partial charge is 0.227 e. The first-order chi connectivity index (χ1) is 12.8. The quantitative estimate of drug-likeness (QED) is 0.797. The number of morpholine rings is 1. The molecule has 5 nitrogen and oxygen atoms in total. The fraction of sp³-hybridized carbons (Fsp3) is 0.619. The summed E-state index contributed by atoms with van der Waals surface area (Å²) in [5.74, 6) is -0.242. The number of benzene rings is 1. The van der Waals surface area contributed by atoms with Crippen LogP contribution in [-0.2, 0) is 14.3 Å². The monoisotopic (exact) mass is 376 g/mol. The topological polar surface area (TPSA) is 49.9 Å². The van der Waals surface area contributed by atoms with Gasteiger partial charge in [-0.25, -0.2) is 4.39 Å². The lowest BCUT2D eigenvalue weighted by Gasteiger charge is -2.39. The SMILES string of the molecule is CC(C)(C)C(=O)N1CCCC(C(=O)N2CCOC(c3ccc(F)cc3)C2)C1. The zero-order valence-electron chi connectivity index (χ0n) is 16.4. The molecule has 2 fully saturated rings. The molecule has 2 amide bonds.